The highest BCUT2D eigenvalue weighted by atomic mass is 14.9. The molecular weight excluding hydrogens is 280 g/mol. The lowest BCUT2D eigenvalue weighted by Crippen LogP contribution is -2.18. The predicted octanol–water partition coefficient (Wildman–Crippen LogP) is 5.32. The van der Waals surface area contributed by atoms with Crippen molar-refractivity contribution in [3.63, 3.8) is 0 Å². The van der Waals surface area contributed by atoms with Gasteiger partial charge in [-0.05, 0) is 56.5 Å². The van der Waals surface area contributed by atoms with E-state index in [2.05, 4.69) is 63.0 Å². The van der Waals surface area contributed by atoms with E-state index in [4.69, 9.17) is 5.73 Å². The molecule has 0 bridgehead atoms. The Morgan fingerprint density at radius 2 is 1.83 bits per heavy atom. The second-order valence-corrected chi connectivity index (χ2v) is 6.00. The van der Waals surface area contributed by atoms with Gasteiger partial charge in [-0.1, -0.05) is 48.6 Å². The van der Waals surface area contributed by atoms with Crippen LogP contribution in [-0.4, -0.2) is 0 Å². The molecule has 0 aliphatic rings. The van der Waals surface area contributed by atoms with Crippen LogP contribution in [0.5, 0.6) is 0 Å². The predicted molar refractivity (Wildman–Crippen MR) is 102 cm³/mol. The lowest BCUT2D eigenvalue weighted by molar-refractivity contribution is 0.700. The average molecular weight is 306 g/mol. The minimum atomic E-state index is 0.178. The molecule has 0 radical (unpaired) electrons. The van der Waals surface area contributed by atoms with Gasteiger partial charge in [-0.25, -0.2) is 0 Å². The molecule has 0 saturated heterocycles. The fourth-order valence-corrected chi connectivity index (χ4v) is 2.85. The Bertz CT molecular complexity index is 741. The van der Waals surface area contributed by atoms with Gasteiger partial charge in [0.25, 0.3) is 0 Å². The van der Waals surface area contributed by atoms with Gasteiger partial charge in [0.05, 0.1) is 0 Å². The number of nitrogens with one attached hydrogen (secondary N) is 1. The number of allylic oxidation sites excluding steroid dienone is 2. The van der Waals surface area contributed by atoms with Crippen LogP contribution < -0.4 is 11.1 Å². The zero-order valence-electron chi connectivity index (χ0n) is 14.5. The first-order valence-electron chi connectivity index (χ1n) is 7.98. The Balaban J connectivity index is 2.31. The van der Waals surface area contributed by atoms with Crippen molar-refractivity contribution in [3.05, 3.63) is 77.4 Å². The highest BCUT2D eigenvalue weighted by Crippen LogP contribution is 2.26. The molecule has 2 nitrogen and oxygen atoms in total. The molecule has 1 atom stereocenters. The Kier molecular flexibility index (Phi) is 5.28. The van der Waals surface area contributed by atoms with E-state index in [0.29, 0.717) is 0 Å². The molecule has 23 heavy (non-hydrogen) atoms. The zero-order valence-corrected chi connectivity index (χ0v) is 14.5. The molecule has 0 saturated carbocycles. The van der Waals surface area contributed by atoms with Crippen LogP contribution in [0.3, 0.4) is 0 Å². The SMILES string of the molecule is C=C(C)c1cccc(C(=CC)NC(C)c2cccc(N)c2)c1C. The molecule has 2 rings (SSSR count). The molecule has 3 N–H and O–H groups in total. The highest BCUT2D eigenvalue weighted by molar-refractivity contribution is 5.74. The smallest absolute Gasteiger partial charge is 0.0486 e. The standard InChI is InChI=1S/C21H26N2/c1-6-21(20-12-8-11-19(14(2)3)15(20)4)23-16(5)17-9-7-10-18(22)13-17/h6-13,16,23H,2,22H2,1,3-5H3. The first kappa shape index (κ1) is 16.9. The van der Waals surface area contributed by atoms with Crippen molar-refractivity contribution in [1.29, 1.82) is 0 Å². The van der Waals surface area contributed by atoms with Crippen LogP contribution >= 0.6 is 0 Å². The summed E-state index contributed by atoms with van der Waals surface area (Å²) < 4.78 is 0. The fraction of sp³-hybridized carbons (Fsp3) is 0.238. The van der Waals surface area contributed by atoms with Crippen LogP contribution in [0.15, 0.2) is 55.1 Å². The van der Waals surface area contributed by atoms with Crippen LogP contribution in [-0.2, 0) is 0 Å². The van der Waals surface area contributed by atoms with Gasteiger partial charge in [0.2, 0.25) is 0 Å². The van der Waals surface area contributed by atoms with E-state index >= 15 is 0 Å². The van der Waals surface area contributed by atoms with E-state index in [1.807, 2.05) is 25.1 Å². The molecule has 0 aromatic heterocycles. The summed E-state index contributed by atoms with van der Waals surface area (Å²) >= 11 is 0. The Morgan fingerprint density at radius 1 is 1.17 bits per heavy atom. The molecule has 0 fully saturated rings. The maximum Gasteiger partial charge on any atom is 0.0486 e. The lowest BCUT2D eigenvalue weighted by Gasteiger charge is -2.21. The molecular formula is C21H26N2. The van der Waals surface area contributed by atoms with E-state index in [1.165, 1.54) is 22.3 Å². The summed E-state index contributed by atoms with van der Waals surface area (Å²) in [4.78, 5) is 0. The van der Waals surface area contributed by atoms with Crippen molar-refractivity contribution in [1.82, 2.24) is 5.32 Å². The topological polar surface area (TPSA) is 38.0 Å². The van der Waals surface area contributed by atoms with Crippen LogP contribution in [0.25, 0.3) is 11.3 Å². The monoisotopic (exact) mass is 306 g/mol. The Hall–Kier alpha value is -2.48. The third-order valence-corrected chi connectivity index (χ3v) is 4.16. The van der Waals surface area contributed by atoms with Gasteiger partial charge in [0.15, 0.2) is 0 Å². The molecule has 120 valence electrons. The largest absolute Gasteiger partial charge is 0.399 e. The second-order valence-electron chi connectivity index (χ2n) is 6.00. The second kappa shape index (κ2) is 7.19. The van der Waals surface area contributed by atoms with Gasteiger partial charge in [-0.2, -0.15) is 0 Å². The first-order valence-corrected chi connectivity index (χ1v) is 7.98. The molecule has 0 heterocycles. The minimum Gasteiger partial charge on any atom is -0.399 e. The van der Waals surface area contributed by atoms with Crippen molar-refractivity contribution >= 4 is 17.0 Å². The molecule has 2 heteroatoms. The fourth-order valence-electron chi connectivity index (χ4n) is 2.85. The van der Waals surface area contributed by atoms with Crippen LogP contribution in [0.1, 0.15) is 49.1 Å². The summed E-state index contributed by atoms with van der Waals surface area (Å²) in [6, 6.07) is 14.5. The number of benzene rings is 2. The number of nitrogen functional groups attached to an aromatic ring is 1. The summed E-state index contributed by atoms with van der Waals surface area (Å²) in [6.45, 7) is 12.5. The molecule has 2 aromatic rings. The number of hydrogen-bond donors (Lipinski definition) is 2. The quantitative estimate of drug-likeness (QED) is 0.733. The summed E-state index contributed by atoms with van der Waals surface area (Å²) in [5, 5.41) is 3.61. The Morgan fingerprint density at radius 3 is 2.43 bits per heavy atom. The first-order chi connectivity index (χ1) is 10.9. The number of nitrogens with two attached hydrogens (primary N) is 1. The van der Waals surface area contributed by atoms with Crippen molar-refractivity contribution in [2.45, 2.75) is 33.7 Å². The molecule has 0 amide bonds. The molecule has 1 unspecified atom stereocenters. The zero-order chi connectivity index (χ0) is 17.0. The van der Waals surface area contributed by atoms with E-state index in [9.17, 15) is 0 Å². The van der Waals surface area contributed by atoms with Crippen molar-refractivity contribution in [2.24, 2.45) is 0 Å². The van der Waals surface area contributed by atoms with E-state index < -0.39 is 0 Å². The molecule has 0 aliphatic heterocycles. The normalized spacial score (nSPS) is 12.8. The molecule has 0 aliphatic carbocycles. The maximum atomic E-state index is 5.90. The molecule has 2 aromatic carbocycles. The third-order valence-electron chi connectivity index (χ3n) is 4.16. The van der Waals surface area contributed by atoms with E-state index in [0.717, 1.165) is 17.0 Å². The number of hydrogen-bond acceptors (Lipinski definition) is 2. The van der Waals surface area contributed by atoms with Gasteiger partial charge in [-0.15, -0.1) is 0 Å². The van der Waals surface area contributed by atoms with Crippen LogP contribution in [0.4, 0.5) is 5.69 Å². The van der Waals surface area contributed by atoms with Crippen molar-refractivity contribution < 1.29 is 0 Å². The van der Waals surface area contributed by atoms with Gasteiger partial charge >= 0.3 is 0 Å². The van der Waals surface area contributed by atoms with Crippen molar-refractivity contribution in [3.8, 4) is 0 Å². The van der Waals surface area contributed by atoms with Crippen LogP contribution in [0.2, 0.25) is 0 Å². The van der Waals surface area contributed by atoms with Crippen LogP contribution in [0, 0.1) is 6.92 Å². The summed E-state index contributed by atoms with van der Waals surface area (Å²) in [5.74, 6) is 0. The number of anilines is 1. The Labute approximate surface area is 139 Å². The van der Waals surface area contributed by atoms with Gasteiger partial charge in [-0.3, -0.25) is 0 Å². The lowest BCUT2D eigenvalue weighted by atomic mass is 9.95. The summed E-state index contributed by atoms with van der Waals surface area (Å²) in [5.41, 5.74) is 13.7. The highest BCUT2D eigenvalue weighted by Gasteiger charge is 2.12. The summed E-state index contributed by atoms with van der Waals surface area (Å²) in [7, 11) is 0. The minimum absolute atomic E-state index is 0.178. The van der Waals surface area contributed by atoms with Crippen molar-refractivity contribution in [2.75, 3.05) is 5.73 Å². The average Bonchev–Trinajstić information content (AvgIpc) is 2.52. The summed E-state index contributed by atoms with van der Waals surface area (Å²) in [6.07, 6.45) is 2.12. The van der Waals surface area contributed by atoms with Gasteiger partial charge in [0, 0.05) is 23.0 Å². The van der Waals surface area contributed by atoms with E-state index in [-0.39, 0.29) is 6.04 Å². The van der Waals surface area contributed by atoms with Gasteiger partial charge < -0.3 is 11.1 Å². The third kappa shape index (κ3) is 3.84. The molecule has 0 spiro atoms. The maximum absolute atomic E-state index is 5.90. The number of rotatable bonds is 5. The van der Waals surface area contributed by atoms with E-state index in [1.54, 1.807) is 0 Å². The van der Waals surface area contributed by atoms with Gasteiger partial charge in [0.1, 0.15) is 0 Å².